The molecule has 0 unspecified atom stereocenters. The zero-order chi connectivity index (χ0) is 22.2. The molecular formula is C22H21F3N4O2. The Kier molecular flexibility index (Phi) is 5.62. The lowest BCUT2D eigenvalue weighted by Gasteiger charge is -2.17. The molecule has 6 nitrogen and oxygen atoms in total. The average molecular weight is 430 g/mol. The molecule has 1 aliphatic rings. The Balaban J connectivity index is 1.94. The molecule has 31 heavy (non-hydrogen) atoms. The maximum absolute atomic E-state index is 13.1. The number of allylic oxidation sites excluding steroid dienone is 2. The molecule has 1 atom stereocenters. The number of fused-ring (bicyclic) bond motifs is 1. The summed E-state index contributed by atoms with van der Waals surface area (Å²) in [6.45, 7) is 1.46. The van der Waals surface area contributed by atoms with E-state index in [9.17, 15) is 23.1 Å². The monoisotopic (exact) mass is 430 g/mol. The summed E-state index contributed by atoms with van der Waals surface area (Å²) >= 11 is 0. The summed E-state index contributed by atoms with van der Waals surface area (Å²) in [5.74, 6) is 0. The molecule has 0 saturated heterocycles. The first kappa shape index (κ1) is 21.2. The minimum atomic E-state index is -4.49. The van der Waals surface area contributed by atoms with Crippen molar-refractivity contribution < 1.29 is 18.3 Å². The normalized spacial score (nSPS) is 15.7. The van der Waals surface area contributed by atoms with Gasteiger partial charge in [-0.25, -0.2) is 9.97 Å². The van der Waals surface area contributed by atoms with Crippen LogP contribution in [-0.4, -0.2) is 31.2 Å². The van der Waals surface area contributed by atoms with Gasteiger partial charge in [-0.15, -0.1) is 0 Å². The first-order chi connectivity index (χ1) is 14.8. The minimum Gasteiger partial charge on any atom is -0.394 e. The third-order valence-corrected chi connectivity index (χ3v) is 5.46. The lowest BCUT2D eigenvalue weighted by Crippen LogP contribution is -2.26. The van der Waals surface area contributed by atoms with E-state index in [0.29, 0.717) is 16.9 Å². The summed E-state index contributed by atoms with van der Waals surface area (Å²) in [6.07, 6.45) is 3.46. The maximum atomic E-state index is 13.1. The molecule has 3 aromatic heterocycles. The van der Waals surface area contributed by atoms with Gasteiger partial charge in [0.2, 0.25) is 0 Å². The van der Waals surface area contributed by atoms with Crippen molar-refractivity contribution in [2.75, 3.05) is 6.61 Å². The van der Waals surface area contributed by atoms with E-state index in [2.05, 4.69) is 21.0 Å². The molecule has 0 bridgehead atoms. The second-order valence-corrected chi connectivity index (χ2v) is 7.65. The van der Waals surface area contributed by atoms with Crippen LogP contribution in [0.15, 0.2) is 41.6 Å². The molecule has 1 aliphatic carbocycles. The van der Waals surface area contributed by atoms with Crippen LogP contribution in [0.2, 0.25) is 0 Å². The van der Waals surface area contributed by atoms with Crippen LogP contribution in [-0.2, 0) is 6.18 Å². The van der Waals surface area contributed by atoms with Gasteiger partial charge in [-0.1, -0.05) is 6.08 Å². The molecule has 3 heterocycles. The molecule has 4 rings (SSSR count). The van der Waals surface area contributed by atoms with E-state index >= 15 is 0 Å². The van der Waals surface area contributed by atoms with Crippen molar-refractivity contribution in [2.45, 2.75) is 44.8 Å². The number of alkyl halides is 3. The van der Waals surface area contributed by atoms with Gasteiger partial charge >= 0.3 is 6.18 Å². The Bertz CT molecular complexity index is 1200. The lowest BCUT2D eigenvalue weighted by molar-refractivity contribution is -0.137. The predicted molar refractivity (Wildman–Crippen MR) is 110 cm³/mol. The number of hydrogen-bond donors (Lipinski definition) is 1. The van der Waals surface area contributed by atoms with Crippen molar-refractivity contribution in [2.24, 2.45) is 0 Å². The molecule has 0 saturated carbocycles. The summed E-state index contributed by atoms with van der Waals surface area (Å²) in [7, 11) is 0. The molecular weight excluding hydrogens is 409 g/mol. The van der Waals surface area contributed by atoms with E-state index in [1.807, 2.05) is 0 Å². The molecule has 9 heteroatoms. The third kappa shape index (κ3) is 4.10. The zero-order valence-electron chi connectivity index (χ0n) is 16.9. The van der Waals surface area contributed by atoms with Gasteiger partial charge < -0.3 is 5.11 Å². The molecule has 0 amide bonds. The van der Waals surface area contributed by atoms with Crippen LogP contribution < -0.4 is 5.56 Å². The van der Waals surface area contributed by atoms with Gasteiger partial charge in [0.05, 0.1) is 47.0 Å². The Morgan fingerprint density at radius 3 is 2.61 bits per heavy atom. The van der Waals surface area contributed by atoms with Crippen molar-refractivity contribution >= 4 is 16.5 Å². The highest BCUT2D eigenvalue weighted by molar-refractivity contribution is 5.91. The minimum absolute atomic E-state index is 0.233. The molecule has 0 spiro atoms. The molecule has 0 fully saturated rings. The Labute approximate surface area is 176 Å². The van der Waals surface area contributed by atoms with Gasteiger partial charge in [0, 0.05) is 6.20 Å². The van der Waals surface area contributed by atoms with E-state index in [0.717, 1.165) is 43.5 Å². The molecule has 1 N–H and O–H groups in total. The van der Waals surface area contributed by atoms with Gasteiger partial charge in [0.1, 0.15) is 5.52 Å². The largest absolute Gasteiger partial charge is 0.417 e. The predicted octanol–water partition coefficient (Wildman–Crippen LogP) is 4.38. The molecule has 0 aliphatic heterocycles. The fraction of sp³-hybridized carbons (Fsp3) is 0.364. The molecule has 3 aromatic rings. The standard InChI is InChI=1S/C22H21F3N4O2/c1-13(11-30)29-12-27-20-16(21(29)31)9-18(28-19(20)14-5-3-2-4-6-14)17-8-7-15(10-26-17)22(23,24)25/h5,7-10,12-13,30H,2-4,6,11H2,1H3/t13-/m0/s1. The zero-order valence-corrected chi connectivity index (χ0v) is 16.9. The van der Waals surface area contributed by atoms with Crippen molar-refractivity contribution in [3.63, 3.8) is 0 Å². The van der Waals surface area contributed by atoms with Gasteiger partial charge in [-0.2, -0.15) is 13.2 Å². The summed E-state index contributed by atoms with van der Waals surface area (Å²) < 4.78 is 40.1. The van der Waals surface area contributed by atoms with Gasteiger partial charge in [0.25, 0.3) is 5.56 Å². The fourth-order valence-electron chi connectivity index (χ4n) is 3.67. The van der Waals surface area contributed by atoms with Crippen LogP contribution in [0.25, 0.3) is 27.9 Å². The Morgan fingerprint density at radius 1 is 1.19 bits per heavy atom. The Hall–Kier alpha value is -3.07. The third-order valence-electron chi connectivity index (χ3n) is 5.46. The molecule has 162 valence electrons. The second-order valence-electron chi connectivity index (χ2n) is 7.65. The Morgan fingerprint density at radius 2 is 2.00 bits per heavy atom. The number of nitrogens with zero attached hydrogens (tertiary/aromatic N) is 4. The van der Waals surface area contributed by atoms with Gasteiger partial charge in [-0.3, -0.25) is 14.3 Å². The lowest BCUT2D eigenvalue weighted by atomic mass is 9.95. The first-order valence-corrected chi connectivity index (χ1v) is 10.1. The molecule has 0 radical (unpaired) electrons. The summed E-state index contributed by atoms with van der Waals surface area (Å²) in [4.78, 5) is 26.2. The number of aliphatic hydroxyl groups excluding tert-OH is 1. The van der Waals surface area contributed by atoms with E-state index in [4.69, 9.17) is 0 Å². The van der Waals surface area contributed by atoms with Crippen molar-refractivity contribution in [3.05, 3.63) is 58.4 Å². The average Bonchev–Trinajstić information content (AvgIpc) is 2.78. The number of pyridine rings is 2. The van der Waals surface area contributed by atoms with Gasteiger partial charge in [0.15, 0.2) is 0 Å². The quantitative estimate of drug-likeness (QED) is 0.664. The highest BCUT2D eigenvalue weighted by Gasteiger charge is 2.30. The highest BCUT2D eigenvalue weighted by atomic mass is 19.4. The fourth-order valence-corrected chi connectivity index (χ4v) is 3.67. The number of rotatable bonds is 4. The van der Waals surface area contributed by atoms with Crippen LogP contribution >= 0.6 is 0 Å². The van der Waals surface area contributed by atoms with Crippen LogP contribution in [0, 0.1) is 0 Å². The summed E-state index contributed by atoms with van der Waals surface area (Å²) in [5.41, 5.74) is 1.29. The topological polar surface area (TPSA) is 80.9 Å². The van der Waals surface area contributed by atoms with Crippen molar-refractivity contribution in [1.82, 2.24) is 19.5 Å². The van der Waals surface area contributed by atoms with Gasteiger partial charge in [-0.05, 0) is 56.4 Å². The number of halogens is 3. The second kappa shape index (κ2) is 8.22. The smallest absolute Gasteiger partial charge is 0.394 e. The number of hydrogen-bond acceptors (Lipinski definition) is 5. The van der Waals surface area contributed by atoms with E-state index in [1.165, 1.54) is 23.0 Å². The van der Waals surface area contributed by atoms with Crippen LogP contribution in [0.4, 0.5) is 13.2 Å². The van der Waals surface area contributed by atoms with Crippen LogP contribution in [0.1, 0.15) is 49.9 Å². The number of aromatic nitrogens is 4. The highest BCUT2D eigenvalue weighted by Crippen LogP contribution is 2.33. The van der Waals surface area contributed by atoms with Crippen molar-refractivity contribution in [3.8, 4) is 11.4 Å². The van der Waals surface area contributed by atoms with E-state index < -0.39 is 17.8 Å². The van der Waals surface area contributed by atoms with Crippen LogP contribution in [0.5, 0.6) is 0 Å². The maximum Gasteiger partial charge on any atom is 0.417 e. The summed E-state index contributed by atoms with van der Waals surface area (Å²) in [5, 5.41) is 9.74. The first-order valence-electron chi connectivity index (χ1n) is 10.1. The molecule has 0 aromatic carbocycles. The number of aliphatic hydroxyl groups is 1. The van der Waals surface area contributed by atoms with E-state index in [1.54, 1.807) is 6.92 Å². The SMILES string of the molecule is C[C@@H](CO)n1cnc2c(C3=CCCCC3)nc(-c3ccc(C(F)(F)F)cn3)cc2c1=O. The summed E-state index contributed by atoms with van der Waals surface area (Å²) in [6, 6.07) is 3.24. The van der Waals surface area contributed by atoms with Crippen molar-refractivity contribution in [1.29, 1.82) is 0 Å². The van der Waals surface area contributed by atoms with Crippen LogP contribution in [0.3, 0.4) is 0 Å². The van der Waals surface area contributed by atoms with E-state index in [-0.39, 0.29) is 23.2 Å².